The lowest BCUT2D eigenvalue weighted by atomic mass is 10.2. The van der Waals surface area contributed by atoms with E-state index in [1.54, 1.807) is 24.9 Å². The van der Waals surface area contributed by atoms with Gasteiger partial charge in [0.25, 0.3) is 0 Å². The third-order valence-corrected chi connectivity index (χ3v) is 3.18. The fraction of sp³-hybridized carbons (Fsp3) is 0.455. The normalized spacial score (nSPS) is 10.6. The molecule has 4 heteroatoms. The molecule has 1 aromatic carbocycles. The molecule has 0 radical (unpaired) electrons. The Hall–Kier alpha value is -0.580. The molecule has 0 aliphatic heterocycles. The molecule has 15 heavy (non-hydrogen) atoms. The van der Waals surface area contributed by atoms with E-state index in [1.807, 2.05) is 6.07 Å². The van der Waals surface area contributed by atoms with Crippen molar-refractivity contribution in [2.45, 2.75) is 17.9 Å². The van der Waals surface area contributed by atoms with E-state index in [1.165, 1.54) is 6.07 Å². The Balaban J connectivity index is 2.71. The van der Waals surface area contributed by atoms with Crippen LogP contribution in [0.3, 0.4) is 0 Å². The van der Waals surface area contributed by atoms with Gasteiger partial charge in [0.1, 0.15) is 5.82 Å². The van der Waals surface area contributed by atoms with E-state index in [2.05, 4.69) is 5.32 Å². The molecule has 0 bridgehead atoms. The Morgan fingerprint density at radius 3 is 2.93 bits per heavy atom. The van der Waals surface area contributed by atoms with Crippen molar-refractivity contribution in [1.29, 1.82) is 0 Å². The lowest BCUT2D eigenvalue weighted by molar-refractivity contribution is 0.296. The number of hydrogen-bond acceptors (Lipinski definition) is 3. The highest BCUT2D eigenvalue weighted by molar-refractivity contribution is 7.99. The van der Waals surface area contributed by atoms with Crippen molar-refractivity contribution in [2.75, 3.05) is 19.4 Å². The van der Waals surface area contributed by atoms with Gasteiger partial charge < -0.3 is 10.4 Å². The average Bonchev–Trinajstić information content (AvgIpc) is 2.23. The fourth-order valence-corrected chi connectivity index (χ4v) is 2.28. The maximum absolute atomic E-state index is 13.4. The molecule has 0 saturated carbocycles. The number of benzene rings is 1. The van der Waals surface area contributed by atoms with E-state index in [0.717, 1.165) is 17.1 Å². The summed E-state index contributed by atoms with van der Waals surface area (Å²) in [5.74, 6) is 0.648. The van der Waals surface area contributed by atoms with Crippen molar-refractivity contribution in [2.24, 2.45) is 0 Å². The maximum Gasteiger partial charge on any atom is 0.128 e. The number of aliphatic hydroxyl groups is 1. The zero-order valence-electron chi connectivity index (χ0n) is 8.79. The van der Waals surface area contributed by atoms with E-state index < -0.39 is 0 Å². The van der Waals surface area contributed by atoms with Gasteiger partial charge in [-0.1, -0.05) is 6.07 Å². The second-order valence-electron chi connectivity index (χ2n) is 3.17. The highest BCUT2D eigenvalue weighted by Crippen LogP contribution is 2.25. The number of nitrogens with one attached hydrogen (secondary N) is 1. The highest BCUT2D eigenvalue weighted by Gasteiger charge is 2.07. The molecule has 0 aromatic heterocycles. The lowest BCUT2D eigenvalue weighted by Gasteiger charge is -2.09. The van der Waals surface area contributed by atoms with Gasteiger partial charge in [0, 0.05) is 29.4 Å². The molecule has 0 spiro atoms. The van der Waals surface area contributed by atoms with Gasteiger partial charge >= 0.3 is 0 Å². The summed E-state index contributed by atoms with van der Waals surface area (Å²) in [7, 11) is 1.80. The van der Waals surface area contributed by atoms with Gasteiger partial charge in [-0.05, 0) is 25.6 Å². The molecule has 0 amide bonds. The molecular weight excluding hydrogens is 213 g/mol. The van der Waals surface area contributed by atoms with E-state index in [4.69, 9.17) is 5.11 Å². The molecule has 0 aliphatic carbocycles. The van der Waals surface area contributed by atoms with Crippen molar-refractivity contribution >= 4 is 11.8 Å². The molecular formula is C11H16FNOS. The SMILES string of the molecule is CNCc1c(F)cccc1SCCCO. The Labute approximate surface area is 93.9 Å². The Morgan fingerprint density at radius 2 is 2.27 bits per heavy atom. The van der Waals surface area contributed by atoms with E-state index in [-0.39, 0.29) is 12.4 Å². The minimum absolute atomic E-state index is 0.168. The van der Waals surface area contributed by atoms with Crippen LogP contribution in [0, 0.1) is 5.82 Å². The predicted octanol–water partition coefficient (Wildman–Crippen LogP) is 2.02. The summed E-state index contributed by atoms with van der Waals surface area (Å²) in [6.07, 6.45) is 0.736. The van der Waals surface area contributed by atoms with Crippen LogP contribution < -0.4 is 5.32 Å². The number of halogens is 1. The molecule has 84 valence electrons. The van der Waals surface area contributed by atoms with Gasteiger partial charge in [-0.15, -0.1) is 11.8 Å². The van der Waals surface area contributed by atoms with E-state index in [9.17, 15) is 4.39 Å². The van der Waals surface area contributed by atoms with Crippen molar-refractivity contribution in [1.82, 2.24) is 5.32 Å². The van der Waals surface area contributed by atoms with Gasteiger partial charge in [0.05, 0.1) is 0 Å². The predicted molar refractivity (Wildman–Crippen MR) is 61.6 cm³/mol. The molecule has 0 heterocycles. The molecule has 0 unspecified atom stereocenters. The quantitative estimate of drug-likeness (QED) is 0.578. The molecule has 2 N–H and O–H groups in total. The van der Waals surface area contributed by atoms with Crippen molar-refractivity contribution in [3.05, 3.63) is 29.6 Å². The molecule has 0 fully saturated rings. The van der Waals surface area contributed by atoms with Crippen LogP contribution in [-0.2, 0) is 6.54 Å². The first-order chi connectivity index (χ1) is 7.29. The van der Waals surface area contributed by atoms with Crippen molar-refractivity contribution in [3.63, 3.8) is 0 Å². The third kappa shape index (κ3) is 3.81. The van der Waals surface area contributed by atoms with Crippen LogP contribution in [0.1, 0.15) is 12.0 Å². The van der Waals surface area contributed by atoms with Crippen LogP contribution in [0.4, 0.5) is 4.39 Å². The Bertz CT molecular complexity index is 307. The molecule has 2 nitrogen and oxygen atoms in total. The number of thioether (sulfide) groups is 1. The second kappa shape index (κ2) is 6.82. The molecule has 1 aromatic rings. The minimum atomic E-state index is -0.168. The second-order valence-corrected chi connectivity index (χ2v) is 4.31. The topological polar surface area (TPSA) is 32.3 Å². The van der Waals surface area contributed by atoms with Crippen LogP contribution in [0.15, 0.2) is 23.1 Å². The first-order valence-electron chi connectivity index (χ1n) is 4.95. The largest absolute Gasteiger partial charge is 0.396 e. The van der Waals surface area contributed by atoms with Gasteiger partial charge in [-0.2, -0.15) is 0 Å². The first-order valence-corrected chi connectivity index (χ1v) is 5.93. The first kappa shape index (κ1) is 12.5. The van der Waals surface area contributed by atoms with Crippen LogP contribution >= 0.6 is 11.8 Å². The minimum Gasteiger partial charge on any atom is -0.396 e. The Morgan fingerprint density at radius 1 is 1.47 bits per heavy atom. The smallest absolute Gasteiger partial charge is 0.128 e. The fourth-order valence-electron chi connectivity index (χ4n) is 1.27. The van der Waals surface area contributed by atoms with E-state index >= 15 is 0 Å². The summed E-state index contributed by atoms with van der Waals surface area (Å²) in [6.45, 7) is 0.720. The summed E-state index contributed by atoms with van der Waals surface area (Å²) in [5.41, 5.74) is 0.711. The zero-order chi connectivity index (χ0) is 11.1. The molecule has 0 atom stereocenters. The standard InChI is InChI=1S/C11H16FNOS/c1-13-8-9-10(12)4-2-5-11(9)15-7-3-6-14/h2,4-5,13-14H,3,6-8H2,1H3. The van der Waals surface area contributed by atoms with Gasteiger partial charge in [-0.3, -0.25) is 0 Å². The van der Waals surface area contributed by atoms with Crippen molar-refractivity contribution in [3.8, 4) is 0 Å². The average molecular weight is 229 g/mol. The lowest BCUT2D eigenvalue weighted by Crippen LogP contribution is -2.08. The van der Waals surface area contributed by atoms with E-state index in [0.29, 0.717) is 12.1 Å². The summed E-state index contributed by atoms with van der Waals surface area (Å²) in [6, 6.07) is 5.11. The number of rotatable bonds is 6. The van der Waals surface area contributed by atoms with Gasteiger partial charge in [-0.25, -0.2) is 4.39 Å². The van der Waals surface area contributed by atoms with Crippen LogP contribution in [-0.4, -0.2) is 24.5 Å². The summed E-state index contributed by atoms with van der Waals surface area (Å²) in [4.78, 5) is 0.956. The third-order valence-electron chi connectivity index (χ3n) is 1.99. The van der Waals surface area contributed by atoms with Crippen LogP contribution in [0.25, 0.3) is 0 Å². The van der Waals surface area contributed by atoms with Gasteiger partial charge in [0.15, 0.2) is 0 Å². The van der Waals surface area contributed by atoms with Crippen molar-refractivity contribution < 1.29 is 9.50 Å². The highest BCUT2D eigenvalue weighted by atomic mass is 32.2. The zero-order valence-corrected chi connectivity index (χ0v) is 9.61. The summed E-state index contributed by atoms with van der Waals surface area (Å²) in [5, 5.41) is 11.6. The Kier molecular flexibility index (Phi) is 5.68. The number of aliphatic hydroxyl groups excluding tert-OH is 1. The van der Waals surface area contributed by atoms with Crippen LogP contribution in [0.2, 0.25) is 0 Å². The summed E-state index contributed by atoms with van der Waals surface area (Å²) < 4.78 is 13.4. The number of hydrogen-bond donors (Lipinski definition) is 2. The molecule has 0 aliphatic rings. The van der Waals surface area contributed by atoms with Gasteiger partial charge in [0.2, 0.25) is 0 Å². The molecule has 1 rings (SSSR count). The molecule has 0 saturated heterocycles. The summed E-state index contributed by atoms with van der Waals surface area (Å²) >= 11 is 1.59. The monoisotopic (exact) mass is 229 g/mol. The maximum atomic E-state index is 13.4. The van der Waals surface area contributed by atoms with Crippen LogP contribution in [0.5, 0.6) is 0 Å².